The Balaban J connectivity index is 2.32. The summed E-state index contributed by atoms with van der Waals surface area (Å²) in [4.78, 5) is 11.6. The van der Waals surface area contributed by atoms with Gasteiger partial charge in [-0.25, -0.2) is 0 Å². The fourth-order valence-electron chi connectivity index (χ4n) is 3.69. The van der Waals surface area contributed by atoms with E-state index in [9.17, 15) is 4.79 Å². The summed E-state index contributed by atoms with van der Waals surface area (Å²) in [6.07, 6.45) is 4.90. The Kier molecular flexibility index (Phi) is 1.70. The van der Waals surface area contributed by atoms with E-state index in [0.717, 1.165) is 25.7 Å². The first-order valence-electron chi connectivity index (χ1n) is 5.09. The van der Waals surface area contributed by atoms with Gasteiger partial charge in [0.1, 0.15) is 5.78 Å². The summed E-state index contributed by atoms with van der Waals surface area (Å²) in [5.74, 6) is 0.462. The highest BCUT2D eigenvalue weighted by Gasteiger charge is 2.46. The first kappa shape index (κ1) is 8.98. The number of Topliss-reactive ketones (excluding diaryl/α,β-unsaturated/α-hetero) is 1. The maximum absolute atomic E-state index is 11.6. The second kappa shape index (κ2) is 2.46. The van der Waals surface area contributed by atoms with E-state index >= 15 is 0 Å². The van der Waals surface area contributed by atoms with Gasteiger partial charge < -0.3 is 0 Å². The van der Waals surface area contributed by atoms with Crippen LogP contribution in [0.5, 0.6) is 0 Å². The molecular formula is C12H18O. The summed E-state index contributed by atoms with van der Waals surface area (Å²) >= 11 is 0. The fourth-order valence-corrected chi connectivity index (χ4v) is 3.69. The van der Waals surface area contributed by atoms with Crippen molar-refractivity contribution in [2.75, 3.05) is 0 Å². The van der Waals surface area contributed by atoms with Crippen molar-refractivity contribution in [1.29, 1.82) is 0 Å². The van der Waals surface area contributed by atoms with Crippen molar-refractivity contribution < 1.29 is 4.79 Å². The number of allylic oxidation sites excluding steroid dienone is 1. The van der Waals surface area contributed by atoms with Crippen molar-refractivity contribution in [2.24, 2.45) is 10.8 Å². The van der Waals surface area contributed by atoms with Gasteiger partial charge in [0.2, 0.25) is 0 Å². The van der Waals surface area contributed by atoms with Crippen LogP contribution in [0.2, 0.25) is 0 Å². The summed E-state index contributed by atoms with van der Waals surface area (Å²) < 4.78 is 0. The van der Waals surface area contributed by atoms with Crippen LogP contribution in [0.25, 0.3) is 0 Å². The Morgan fingerprint density at radius 1 is 1.08 bits per heavy atom. The standard InChI is InChI=1S/C12H18O/c1-9-4-11(2)6-10(13)7-12(3,5-9)8-11/h1,4-8H2,2-3H3. The van der Waals surface area contributed by atoms with Crippen molar-refractivity contribution >= 4 is 5.78 Å². The topological polar surface area (TPSA) is 17.1 Å². The first-order chi connectivity index (χ1) is 5.91. The zero-order chi connectivity index (χ0) is 9.69. The second-order valence-corrected chi connectivity index (χ2v) is 5.79. The maximum atomic E-state index is 11.6. The van der Waals surface area contributed by atoms with Gasteiger partial charge in [0.15, 0.2) is 0 Å². The lowest BCUT2D eigenvalue weighted by atomic mass is 9.55. The molecule has 2 atom stereocenters. The lowest BCUT2D eigenvalue weighted by Gasteiger charge is -2.49. The Morgan fingerprint density at radius 2 is 1.54 bits per heavy atom. The Hall–Kier alpha value is -0.590. The summed E-state index contributed by atoms with van der Waals surface area (Å²) in [7, 11) is 0. The molecule has 0 saturated heterocycles. The van der Waals surface area contributed by atoms with E-state index in [1.54, 1.807) is 0 Å². The lowest BCUT2D eigenvalue weighted by Crippen LogP contribution is -2.41. The van der Waals surface area contributed by atoms with Crippen LogP contribution < -0.4 is 0 Å². The van der Waals surface area contributed by atoms with E-state index in [4.69, 9.17) is 0 Å². The number of fused-ring (bicyclic) bond motifs is 2. The van der Waals surface area contributed by atoms with Gasteiger partial charge in [-0.1, -0.05) is 26.0 Å². The van der Waals surface area contributed by atoms with Gasteiger partial charge in [0.25, 0.3) is 0 Å². The van der Waals surface area contributed by atoms with Crippen LogP contribution in [0.1, 0.15) is 46.0 Å². The molecule has 1 nitrogen and oxygen atoms in total. The van der Waals surface area contributed by atoms with Crippen LogP contribution in [0, 0.1) is 10.8 Å². The van der Waals surface area contributed by atoms with Gasteiger partial charge in [-0.2, -0.15) is 0 Å². The molecule has 72 valence electrons. The van der Waals surface area contributed by atoms with Crippen molar-refractivity contribution in [1.82, 2.24) is 0 Å². The molecule has 0 aromatic rings. The molecule has 1 heteroatoms. The molecule has 0 heterocycles. The third-order valence-corrected chi connectivity index (χ3v) is 3.45. The zero-order valence-electron chi connectivity index (χ0n) is 8.65. The molecule has 0 aliphatic heterocycles. The average Bonchev–Trinajstić information content (AvgIpc) is 1.75. The van der Waals surface area contributed by atoms with Crippen LogP contribution in [0.15, 0.2) is 12.2 Å². The van der Waals surface area contributed by atoms with E-state index in [1.165, 1.54) is 12.0 Å². The Bertz CT molecular complexity index is 231. The molecule has 0 radical (unpaired) electrons. The number of ketones is 1. The third-order valence-electron chi connectivity index (χ3n) is 3.45. The fraction of sp³-hybridized carbons (Fsp3) is 0.750. The quantitative estimate of drug-likeness (QED) is 0.521. The van der Waals surface area contributed by atoms with Crippen LogP contribution in [-0.2, 0) is 4.79 Å². The molecule has 13 heavy (non-hydrogen) atoms. The number of hydrogen-bond donors (Lipinski definition) is 0. The SMILES string of the molecule is C=C1CC2(C)CC(=O)CC(C)(C1)C2. The van der Waals surface area contributed by atoms with E-state index in [0.29, 0.717) is 5.78 Å². The first-order valence-corrected chi connectivity index (χ1v) is 5.09. The molecule has 0 amide bonds. The summed E-state index contributed by atoms with van der Waals surface area (Å²) in [5.41, 5.74) is 1.82. The molecule has 0 aromatic heterocycles. The van der Waals surface area contributed by atoms with E-state index in [-0.39, 0.29) is 10.8 Å². The Morgan fingerprint density at radius 3 is 2.00 bits per heavy atom. The monoisotopic (exact) mass is 178 g/mol. The largest absolute Gasteiger partial charge is 0.300 e. The lowest BCUT2D eigenvalue weighted by molar-refractivity contribution is -0.129. The van der Waals surface area contributed by atoms with E-state index in [2.05, 4.69) is 20.4 Å². The summed E-state index contributed by atoms with van der Waals surface area (Å²) in [6.45, 7) is 8.59. The highest BCUT2D eigenvalue weighted by Crippen LogP contribution is 2.55. The van der Waals surface area contributed by atoms with Crippen LogP contribution in [0.4, 0.5) is 0 Å². The summed E-state index contributed by atoms with van der Waals surface area (Å²) in [5, 5.41) is 0. The predicted molar refractivity (Wildman–Crippen MR) is 53.4 cm³/mol. The molecule has 2 unspecified atom stereocenters. The normalized spacial score (nSPS) is 45.1. The second-order valence-electron chi connectivity index (χ2n) is 5.79. The molecule has 2 saturated carbocycles. The molecule has 2 aliphatic rings. The summed E-state index contributed by atoms with van der Waals surface area (Å²) in [6, 6.07) is 0. The smallest absolute Gasteiger partial charge is 0.134 e. The van der Waals surface area contributed by atoms with Gasteiger partial charge in [0.05, 0.1) is 0 Å². The minimum absolute atomic E-state index is 0.236. The maximum Gasteiger partial charge on any atom is 0.134 e. The molecule has 2 aliphatic carbocycles. The van der Waals surface area contributed by atoms with Crippen LogP contribution in [-0.4, -0.2) is 5.78 Å². The van der Waals surface area contributed by atoms with Gasteiger partial charge in [-0.3, -0.25) is 4.79 Å². The van der Waals surface area contributed by atoms with Crippen molar-refractivity contribution in [3.63, 3.8) is 0 Å². The molecule has 2 fully saturated rings. The number of rotatable bonds is 0. The van der Waals surface area contributed by atoms with Crippen LogP contribution in [0.3, 0.4) is 0 Å². The minimum atomic E-state index is 0.236. The highest BCUT2D eigenvalue weighted by molar-refractivity contribution is 5.81. The van der Waals surface area contributed by atoms with Gasteiger partial charge in [-0.05, 0) is 30.1 Å². The number of carbonyl (C=O) groups is 1. The highest BCUT2D eigenvalue weighted by atomic mass is 16.1. The Labute approximate surface area is 80.2 Å². The van der Waals surface area contributed by atoms with Crippen LogP contribution >= 0.6 is 0 Å². The number of carbonyl (C=O) groups excluding carboxylic acids is 1. The number of hydrogen-bond acceptors (Lipinski definition) is 1. The molecule has 0 N–H and O–H groups in total. The molecule has 0 aromatic carbocycles. The van der Waals surface area contributed by atoms with E-state index in [1.807, 2.05) is 0 Å². The zero-order valence-corrected chi connectivity index (χ0v) is 8.65. The van der Waals surface area contributed by atoms with Crippen molar-refractivity contribution in [3.05, 3.63) is 12.2 Å². The molecule has 2 rings (SSSR count). The minimum Gasteiger partial charge on any atom is -0.300 e. The van der Waals surface area contributed by atoms with Gasteiger partial charge >= 0.3 is 0 Å². The average molecular weight is 178 g/mol. The molecule has 0 spiro atoms. The third kappa shape index (κ3) is 1.56. The van der Waals surface area contributed by atoms with Crippen molar-refractivity contribution in [2.45, 2.75) is 46.0 Å². The van der Waals surface area contributed by atoms with Gasteiger partial charge in [-0.15, -0.1) is 0 Å². The van der Waals surface area contributed by atoms with Crippen molar-refractivity contribution in [3.8, 4) is 0 Å². The molecular weight excluding hydrogens is 160 g/mol. The van der Waals surface area contributed by atoms with E-state index < -0.39 is 0 Å². The molecule has 2 bridgehead atoms. The predicted octanol–water partition coefficient (Wildman–Crippen LogP) is 3.10. The van der Waals surface area contributed by atoms with Gasteiger partial charge in [0, 0.05) is 12.8 Å².